The molecule has 2 rings (SSSR count). The highest BCUT2D eigenvalue weighted by Crippen LogP contribution is 2.18. The van der Waals surface area contributed by atoms with Crippen molar-refractivity contribution in [3.8, 4) is 0 Å². The molecule has 21 heavy (non-hydrogen) atoms. The van der Waals surface area contributed by atoms with Gasteiger partial charge < -0.3 is 5.11 Å². The number of rotatable bonds is 6. The summed E-state index contributed by atoms with van der Waals surface area (Å²) in [4.78, 5) is 0. The summed E-state index contributed by atoms with van der Waals surface area (Å²) < 4.78 is 28.6. The number of hydrogen-bond donors (Lipinski definition) is 2. The predicted molar refractivity (Wildman–Crippen MR) is 83.2 cm³/mol. The molecular weight excluding hydrogens is 288 g/mol. The molecule has 2 N–H and O–H groups in total. The highest BCUT2D eigenvalue weighted by atomic mass is 32.2. The first kappa shape index (κ1) is 16.4. The highest BCUT2D eigenvalue weighted by Gasteiger charge is 2.27. The molecule has 1 heterocycles. The summed E-state index contributed by atoms with van der Waals surface area (Å²) in [5.41, 5.74) is 2.35. The third-order valence-electron chi connectivity index (χ3n) is 4.11. The zero-order chi connectivity index (χ0) is 15.3. The average molecular weight is 312 g/mol. The quantitative estimate of drug-likeness (QED) is 0.826. The second-order valence-corrected chi connectivity index (χ2v) is 7.36. The lowest BCUT2D eigenvalue weighted by Gasteiger charge is -2.30. The van der Waals surface area contributed by atoms with Crippen LogP contribution in [0.15, 0.2) is 24.3 Å². The van der Waals surface area contributed by atoms with Crippen molar-refractivity contribution in [1.29, 1.82) is 0 Å². The molecule has 1 fully saturated rings. The van der Waals surface area contributed by atoms with Crippen LogP contribution in [0.4, 0.5) is 0 Å². The van der Waals surface area contributed by atoms with E-state index in [-0.39, 0.29) is 12.5 Å². The van der Waals surface area contributed by atoms with E-state index in [0.29, 0.717) is 26.1 Å². The summed E-state index contributed by atoms with van der Waals surface area (Å²) in [5.74, 6) is 0.239. The van der Waals surface area contributed by atoms with E-state index < -0.39 is 10.2 Å². The lowest BCUT2D eigenvalue weighted by atomic mass is 10.00. The Morgan fingerprint density at radius 2 is 1.95 bits per heavy atom. The SMILES string of the molecule is Cc1ccccc1CCNS(=O)(=O)N1CCC(CO)CC1. The van der Waals surface area contributed by atoms with Gasteiger partial charge in [0.2, 0.25) is 0 Å². The number of aliphatic hydroxyl groups excluding tert-OH is 1. The van der Waals surface area contributed by atoms with Crippen LogP contribution in [0.3, 0.4) is 0 Å². The summed E-state index contributed by atoms with van der Waals surface area (Å²) in [6.07, 6.45) is 2.16. The van der Waals surface area contributed by atoms with Crippen molar-refractivity contribution >= 4 is 10.2 Å². The number of aliphatic hydroxyl groups is 1. The van der Waals surface area contributed by atoms with Crippen molar-refractivity contribution in [3.63, 3.8) is 0 Å². The average Bonchev–Trinajstić information content (AvgIpc) is 2.49. The van der Waals surface area contributed by atoms with Crippen LogP contribution >= 0.6 is 0 Å². The summed E-state index contributed by atoms with van der Waals surface area (Å²) in [6.45, 7) is 3.57. The lowest BCUT2D eigenvalue weighted by Crippen LogP contribution is -2.45. The highest BCUT2D eigenvalue weighted by molar-refractivity contribution is 7.87. The zero-order valence-electron chi connectivity index (χ0n) is 12.5. The lowest BCUT2D eigenvalue weighted by molar-refractivity contribution is 0.169. The molecule has 0 saturated carbocycles. The molecule has 0 bridgehead atoms. The van der Waals surface area contributed by atoms with E-state index in [1.54, 1.807) is 0 Å². The number of hydrogen-bond acceptors (Lipinski definition) is 3. The second kappa shape index (κ2) is 7.35. The van der Waals surface area contributed by atoms with E-state index in [1.807, 2.05) is 31.2 Å². The molecule has 5 nitrogen and oxygen atoms in total. The summed E-state index contributed by atoms with van der Waals surface area (Å²) in [5, 5.41) is 9.09. The standard InChI is InChI=1S/C15H24N2O3S/c1-13-4-2-3-5-15(13)6-9-16-21(19,20)17-10-7-14(12-18)8-11-17/h2-5,14,16,18H,6-12H2,1H3. The Bertz CT molecular complexity index is 552. The smallest absolute Gasteiger partial charge is 0.279 e. The molecule has 0 aromatic heterocycles. The molecule has 0 unspecified atom stereocenters. The third kappa shape index (κ3) is 4.51. The first-order chi connectivity index (χ1) is 10.0. The molecule has 118 valence electrons. The molecule has 0 amide bonds. The summed E-state index contributed by atoms with van der Waals surface area (Å²) in [6, 6.07) is 8.00. The van der Waals surface area contributed by atoms with Crippen molar-refractivity contribution < 1.29 is 13.5 Å². The van der Waals surface area contributed by atoms with E-state index in [0.717, 1.165) is 12.8 Å². The van der Waals surface area contributed by atoms with Gasteiger partial charge in [-0.05, 0) is 43.2 Å². The molecule has 0 radical (unpaired) electrons. The largest absolute Gasteiger partial charge is 0.396 e. The summed E-state index contributed by atoms with van der Waals surface area (Å²) >= 11 is 0. The van der Waals surface area contributed by atoms with Crippen molar-refractivity contribution in [2.75, 3.05) is 26.2 Å². The van der Waals surface area contributed by atoms with Crippen LogP contribution in [0.25, 0.3) is 0 Å². The molecule has 1 aliphatic rings. The Balaban J connectivity index is 1.83. The third-order valence-corrected chi connectivity index (χ3v) is 5.73. The van der Waals surface area contributed by atoms with Gasteiger partial charge in [0, 0.05) is 26.2 Å². The Morgan fingerprint density at radius 1 is 1.29 bits per heavy atom. The van der Waals surface area contributed by atoms with Crippen LogP contribution in [0.1, 0.15) is 24.0 Å². The first-order valence-corrected chi connectivity index (χ1v) is 8.87. The fourth-order valence-corrected chi connectivity index (χ4v) is 3.86. The van der Waals surface area contributed by atoms with E-state index >= 15 is 0 Å². The van der Waals surface area contributed by atoms with Crippen LogP contribution in [-0.4, -0.2) is 44.1 Å². The van der Waals surface area contributed by atoms with Crippen molar-refractivity contribution in [2.24, 2.45) is 5.92 Å². The van der Waals surface area contributed by atoms with Crippen LogP contribution in [-0.2, 0) is 16.6 Å². The minimum Gasteiger partial charge on any atom is -0.396 e. The fourth-order valence-electron chi connectivity index (χ4n) is 2.63. The van der Waals surface area contributed by atoms with Gasteiger partial charge in [0.05, 0.1) is 0 Å². The van der Waals surface area contributed by atoms with Gasteiger partial charge in [0.15, 0.2) is 0 Å². The Labute approximate surface area is 127 Å². The van der Waals surface area contributed by atoms with Gasteiger partial charge in [-0.1, -0.05) is 24.3 Å². The predicted octanol–water partition coefficient (Wildman–Crippen LogP) is 1.08. The van der Waals surface area contributed by atoms with E-state index in [1.165, 1.54) is 15.4 Å². The van der Waals surface area contributed by atoms with Gasteiger partial charge in [-0.25, -0.2) is 4.72 Å². The molecule has 1 saturated heterocycles. The molecule has 0 atom stereocenters. The van der Waals surface area contributed by atoms with Crippen molar-refractivity contribution in [2.45, 2.75) is 26.2 Å². The van der Waals surface area contributed by atoms with Gasteiger partial charge in [-0.15, -0.1) is 0 Å². The number of nitrogens with one attached hydrogen (secondary N) is 1. The number of nitrogens with zero attached hydrogens (tertiary/aromatic N) is 1. The normalized spacial score (nSPS) is 18.0. The molecule has 6 heteroatoms. The van der Waals surface area contributed by atoms with Crippen LogP contribution < -0.4 is 4.72 Å². The van der Waals surface area contributed by atoms with Gasteiger partial charge in [0.1, 0.15) is 0 Å². The second-order valence-electron chi connectivity index (χ2n) is 5.60. The molecule has 0 spiro atoms. The molecule has 1 aliphatic heterocycles. The van der Waals surface area contributed by atoms with Crippen molar-refractivity contribution in [3.05, 3.63) is 35.4 Å². The van der Waals surface area contributed by atoms with Crippen LogP contribution in [0.5, 0.6) is 0 Å². The van der Waals surface area contributed by atoms with Gasteiger partial charge >= 0.3 is 0 Å². The van der Waals surface area contributed by atoms with Gasteiger partial charge in [-0.3, -0.25) is 0 Å². The minimum absolute atomic E-state index is 0.147. The van der Waals surface area contributed by atoms with Gasteiger partial charge in [0.25, 0.3) is 10.2 Å². The van der Waals surface area contributed by atoms with E-state index in [9.17, 15) is 8.42 Å². The van der Waals surface area contributed by atoms with Crippen LogP contribution in [0.2, 0.25) is 0 Å². The first-order valence-electron chi connectivity index (χ1n) is 7.43. The number of piperidine rings is 1. The number of benzene rings is 1. The Kier molecular flexibility index (Phi) is 5.75. The molecule has 0 aliphatic carbocycles. The van der Waals surface area contributed by atoms with E-state index in [4.69, 9.17) is 5.11 Å². The van der Waals surface area contributed by atoms with Crippen LogP contribution in [0, 0.1) is 12.8 Å². The Morgan fingerprint density at radius 3 is 2.57 bits per heavy atom. The Hall–Kier alpha value is -0.950. The topological polar surface area (TPSA) is 69.6 Å². The maximum Gasteiger partial charge on any atom is 0.279 e. The molecule has 1 aromatic carbocycles. The van der Waals surface area contributed by atoms with E-state index in [2.05, 4.69) is 4.72 Å². The monoisotopic (exact) mass is 312 g/mol. The van der Waals surface area contributed by atoms with Crippen molar-refractivity contribution in [1.82, 2.24) is 9.03 Å². The van der Waals surface area contributed by atoms with Gasteiger partial charge in [-0.2, -0.15) is 12.7 Å². The molecule has 1 aromatic rings. The fraction of sp³-hybridized carbons (Fsp3) is 0.600. The zero-order valence-corrected chi connectivity index (χ0v) is 13.3. The molecular formula is C15H24N2O3S. The maximum absolute atomic E-state index is 12.2. The maximum atomic E-state index is 12.2. The number of aryl methyl sites for hydroxylation is 1. The summed E-state index contributed by atoms with van der Waals surface area (Å²) in [7, 11) is -3.40. The minimum atomic E-state index is -3.40.